The molecular formula is C11H20N2OS. The minimum atomic E-state index is 0.456. The smallest absolute Gasteiger partial charge is 0.0740 e. The van der Waals surface area contributed by atoms with Crippen LogP contribution in [0, 0.1) is 0 Å². The van der Waals surface area contributed by atoms with E-state index in [1.165, 1.54) is 25.7 Å². The second kappa shape index (κ2) is 5.23. The summed E-state index contributed by atoms with van der Waals surface area (Å²) in [6.07, 6.45) is 6.42. The van der Waals surface area contributed by atoms with Crippen LogP contribution in [0.3, 0.4) is 0 Å². The van der Waals surface area contributed by atoms with Crippen molar-refractivity contribution < 1.29 is 4.74 Å². The Kier molecular flexibility index (Phi) is 3.94. The van der Waals surface area contributed by atoms with Gasteiger partial charge in [-0.25, -0.2) is 0 Å². The third-order valence-electron chi connectivity index (χ3n) is 3.17. The van der Waals surface area contributed by atoms with Crippen molar-refractivity contribution in [2.75, 3.05) is 19.7 Å². The highest BCUT2D eigenvalue weighted by molar-refractivity contribution is 7.80. The zero-order chi connectivity index (χ0) is 10.7. The summed E-state index contributed by atoms with van der Waals surface area (Å²) in [7, 11) is 0. The second-order valence-corrected chi connectivity index (χ2v) is 5.10. The van der Waals surface area contributed by atoms with Crippen LogP contribution in [0.1, 0.15) is 32.1 Å². The molecule has 1 atom stereocenters. The summed E-state index contributed by atoms with van der Waals surface area (Å²) < 4.78 is 5.66. The van der Waals surface area contributed by atoms with Crippen molar-refractivity contribution in [3.8, 4) is 0 Å². The molecule has 4 heteroatoms. The number of hydrogen-bond acceptors (Lipinski definition) is 3. The Morgan fingerprint density at radius 1 is 1.40 bits per heavy atom. The Morgan fingerprint density at radius 2 is 2.20 bits per heavy atom. The van der Waals surface area contributed by atoms with Gasteiger partial charge < -0.3 is 10.5 Å². The van der Waals surface area contributed by atoms with Crippen LogP contribution in [0.5, 0.6) is 0 Å². The molecule has 1 aliphatic heterocycles. The number of nitrogens with zero attached hydrogens (tertiary/aromatic N) is 1. The monoisotopic (exact) mass is 228 g/mol. The van der Waals surface area contributed by atoms with Crippen LogP contribution in [0.2, 0.25) is 0 Å². The molecule has 0 spiro atoms. The van der Waals surface area contributed by atoms with Crippen molar-refractivity contribution in [2.24, 2.45) is 5.73 Å². The third-order valence-corrected chi connectivity index (χ3v) is 3.37. The summed E-state index contributed by atoms with van der Waals surface area (Å²) in [5.41, 5.74) is 5.54. The number of rotatable bonds is 6. The van der Waals surface area contributed by atoms with Crippen molar-refractivity contribution in [2.45, 2.75) is 44.2 Å². The molecule has 1 heterocycles. The van der Waals surface area contributed by atoms with Gasteiger partial charge in [-0.2, -0.15) is 0 Å². The van der Waals surface area contributed by atoms with E-state index >= 15 is 0 Å². The summed E-state index contributed by atoms with van der Waals surface area (Å²) in [6, 6.07) is 0.781. The molecule has 0 bridgehead atoms. The number of hydrogen-bond donors (Lipinski definition) is 1. The lowest BCUT2D eigenvalue weighted by atomic mass is 10.2. The van der Waals surface area contributed by atoms with Gasteiger partial charge in [0.1, 0.15) is 0 Å². The van der Waals surface area contributed by atoms with E-state index in [0.29, 0.717) is 11.1 Å². The van der Waals surface area contributed by atoms with E-state index in [0.717, 1.165) is 32.2 Å². The van der Waals surface area contributed by atoms with Crippen molar-refractivity contribution in [3.05, 3.63) is 0 Å². The van der Waals surface area contributed by atoms with Gasteiger partial charge in [-0.1, -0.05) is 12.2 Å². The summed E-state index contributed by atoms with van der Waals surface area (Å²) in [6.45, 7) is 3.03. The predicted octanol–water partition coefficient (Wildman–Crippen LogP) is 1.31. The normalized spacial score (nSPS) is 26.1. The molecule has 0 radical (unpaired) electrons. The Labute approximate surface area is 96.9 Å². The van der Waals surface area contributed by atoms with Crippen LogP contribution < -0.4 is 5.73 Å². The number of ether oxygens (including phenoxy) is 1. The Morgan fingerprint density at radius 3 is 2.73 bits per heavy atom. The molecule has 0 aromatic carbocycles. The summed E-state index contributed by atoms with van der Waals surface area (Å²) >= 11 is 4.92. The van der Waals surface area contributed by atoms with E-state index in [9.17, 15) is 0 Å². The molecule has 1 unspecified atom stereocenters. The molecule has 2 aliphatic rings. The van der Waals surface area contributed by atoms with Crippen molar-refractivity contribution in [1.82, 2.24) is 4.90 Å². The maximum atomic E-state index is 5.66. The van der Waals surface area contributed by atoms with Gasteiger partial charge in [0.2, 0.25) is 0 Å². The van der Waals surface area contributed by atoms with Gasteiger partial charge in [-0.3, -0.25) is 4.90 Å². The first kappa shape index (κ1) is 11.3. The van der Waals surface area contributed by atoms with Gasteiger partial charge in [0, 0.05) is 32.2 Å². The molecule has 2 fully saturated rings. The highest BCUT2D eigenvalue weighted by Crippen LogP contribution is 2.28. The van der Waals surface area contributed by atoms with Crippen molar-refractivity contribution >= 4 is 17.2 Å². The Hall–Kier alpha value is -0.190. The van der Waals surface area contributed by atoms with E-state index in [1.54, 1.807) is 0 Å². The van der Waals surface area contributed by atoms with Gasteiger partial charge in [0.15, 0.2) is 0 Å². The maximum Gasteiger partial charge on any atom is 0.0740 e. The van der Waals surface area contributed by atoms with Crippen LogP contribution in [0.25, 0.3) is 0 Å². The largest absolute Gasteiger partial charge is 0.393 e. The molecule has 0 amide bonds. The van der Waals surface area contributed by atoms with Gasteiger partial charge in [0.05, 0.1) is 11.1 Å². The van der Waals surface area contributed by atoms with Gasteiger partial charge in [0.25, 0.3) is 0 Å². The molecule has 1 saturated carbocycles. The fourth-order valence-electron chi connectivity index (χ4n) is 2.17. The first-order valence-corrected chi connectivity index (χ1v) is 6.30. The molecule has 86 valence electrons. The molecule has 2 N–H and O–H groups in total. The van der Waals surface area contributed by atoms with E-state index < -0.39 is 0 Å². The molecule has 15 heavy (non-hydrogen) atoms. The Balaban J connectivity index is 1.74. The lowest BCUT2D eigenvalue weighted by Gasteiger charge is -2.24. The van der Waals surface area contributed by atoms with E-state index in [4.69, 9.17) is 22.7 Å². The SMILES string of the molecule is NC(=S)CCN(CC1CCCO1)C1CC1. The lowest BCUT2D eigenvalue weighted by molar-refractivity contribution is 0.0713. The van der Waals surface area contributed by atoms with Crippen LogP contribution >= 0.6 is 12.2 Å². The average Bonchev–Trinajstić information content (AvgIpc) is 2.91. The standard InChI is InChI=1S/C11H20N2OS/c12-11(15)5-6-13(9-3-4-9)8-10-2-1-7-14-10/h9-10H,1-8H2,(H2,12,15). The Bertz CT molecular complexity index is 225. The molecule has 3 nitrogen and oxygen atoms in total. The fourth-order valence-corrected chi connectivity index (χ4v) is 2.26. The third kappa shape index (κ3) is 3.70. The molecular weight excluding hydrogens is 208 g/mol. The minimum Gasteiger partial charge on any atom is -0.393 e. The minimum absolute atomic E-state index is 0.456. The zero-order valence-electron chi connectivity index (χ0n) is 9.15. The quantitative estimate of drug-likeness (QED) is 0.696. The maximum absolute atomic E-state index is 5.66. The van der Waals surface area contributed by atoms with E-state index in [-0.39, 0.29) is 0 Å². The van der Waals surface area contributed by atoms with Gasteiger partial charge in [-0.05, 0) is 25.7 Å². The topological polar surface area (TPSA) is 38.5 Å². The average molecular weight is 228 g/mol. The molecule has 0 aromatic heterocycles. The van der Waals surface area contributed by atoms with E-state index in [1.807, 2.05) is 0 Å². The molecule has 1 aliphatic carbocycles. The van der Waals surface area contributed by atoms with Crippen molar-refractivity contribution in [3.63, 3.8) is 0 Å². The molecule has 1 saturated heterocycles. The molecule has 2 rings (SSSR count). The highest BCUT2D eigenvalue weighted by Gasteiger charge is 2.31. The van der Waals surface area contributed by atoms with Crippen LogP contribution in [0.4, 0.5) is 0 Å². The van der Waals surface area contributed by atoms with E-state index in [2.05, 4.69) is 4.90 Å². The highest BCUT2D eigenvalue weighted by atomic mass is 32.1. The zero-order valence-corrected chi connectivity index (χ0v) is 9.97. The summed E-state index contributed by atoms with van der Waals surface area (Å²) in [5, 5.41) is 0. The van der Waals surface area contributed by atoms with Gasteiger partial charge >= 0.3 is 0 Å². The summed E-state index contributed by atoms with van der Waals surface area (Å²) in [4.78, 5) is 3.14. The van der Waals surface area contributed by atoms with Gasteiger partial charge in [-0.15, -0.1) is 0 Å². The first-order chi connectivity index (χ1) is 7.25. The van der Waals surface area contributed by atoms with Crippen LogP contribution in [-0.4, -0.2) is 41.7 Å². The summed E-state index contributed by atoms with van der Waals surface area (Å²) in [5.74, 6) is 0. The number of thiocarbonyl (C=S) groups is 1. The molecule has 0 aromatic rings. The van der Waals surface area contributed by atoms with Crippen LogP contribution in [-0.2, 0) is 4.74 Å². The lowest BCUT2D eigenvalue weighted by Crippen LogP contribution is -2.36. The van der Waals surface area contributed by atoms with Crippen molar-refractivity contribution in [1.29, 1.82) is 0 Å². The number of nitrogens with two attached hydrogens (primary N) is 1. The van der Waals surface area contributed by atoms with Crippen LogP contribution in [0.15, 0.2) is 0 Å². The predicted molar refractivity (Wildman–Crippen MR) is 65.0 cm³/mol. The second-order valence-electron chi connectivity index (χ2n) is 4.58. The fraction of sp³-hybridized carbons (Fsp3) is 0.909. The first-order valence-electron chi connectivity index (χ1n) is 5.89.